The molecule has 0 spiro atoms. The first kappa shape index (κ1) is 22.9. The Morgan fingerprint density at radius 3 is 2.68 bits per heavy atom. The number of ether oxygens (including phenoxy) is 2. The highest BCUT2D eigenvalue weighted by atomic mass is 35.5. The van der Waals surface area contributed by atoms with Gasteiger partial charge in [-0.2, -0.15) is 0 Å². The van der Waals surface area contributed by atoms with Gasteiger partial charge in [-0.3, -0.25) is 4.79 Å². The zero-order valence-electron chi connectivity index (χ0n) is 16.6. The highest BCUT2D eigenvalue weighted by molar-refractivity contribution is 7.99. The Kier molecular flexibility index (Phi) is 7.78. The Morgan fingerprint density at radius 1 is 1.16 bits per heavy atom. The van der Waals surface area contributed by atoms with E-state index in [2.05, 4.69) is 15.5 Å². The summed E-state index contributed by atoms with van der Waals surface area (Å²) in [5.41, 5.74) is 0.661. The molecule has 0 aliphatic carbocycles. The molecule has 0 unspecified atom stereocenters. The number of rotatable bonds is 8. The largest absolute Gasteiger partial charge is 0.484 e. The Bertz CT molecular complexity index is 1110. The molecule has 0 saturated carbocycles. The van der Waals surface area contributed by atoms with Gasteiger partial charge in [-0.15, -0.1) is 10.2 Å². The quantitative estimate of drug-likeness (QED) is 0.380. The third kappa shape index (κ3) is 5.90. The molecule has 1 heterocycles. The molecule has 0 radical (unpaired) electrons. The van der Waals surface area contributed by atoms with Gasteiger partial charge in [0, 0.05) is 12.1 Å². The van der Waals surface area contributed by atoms with E-state index in [1.54, 1.807) is 54.1 Å². The highest BCUT2D eigenvalue weighted by Crippen LogP contribution is 2.28. The number of thioether (sulfide) groups is 1. The van der Waals surface area contributed by atoms with E-state index in [9.17, 15) is 9.59 Å². The molecule has 3 aromatic rings. The lowest BCUT2D eigenvalue weighted by molar-refractivity contribution is -0.113. The SMILES string of the molecule is COC(=O)c1ccccc1NC(=O)CSc1nnc(COc2ccc(Cl)cc2Cl)n1C. The molecule has 0 aliphatic heterocycles. The number of para-hydroxylation sites is 1. The second-order valence-electron chi connectivity index (χ2n) is 6.20. The Balaban J connectivity index is 1.57. The van der Waals surface area contributed by atoms with Gasteiger partial charge in [-0.25, -0.2) is 4.79 Å². The Morgan fingerprint density at radius 2 is 1.94 bits per heavy atom. The third-order valence-electron chi connectivity index (χ3n) is 4.11. The first-order valence-corrected chi connectivity index (χ1v) is 10.7. The van der Waals surface area contributed by atoms with Crippen molar-refractivity contribution in [3.05, 3.63) is 63.9 Å². The van der Waals surface area contributed by atoms with Crippen LogP contribution in [-0.2, 0) is 23.2 Å². The molecule has 31 heavy (non-hydrogen) atoms. The number of esters is 1. The molecule has 2 aromatic carbocycles. The van der Waals surface area contributed by atoms with Gasteiger partial charge in [0.2, 0.25) is 5.91 Å². The predicted molar refractivity (Wildman–Crippen MR) is 119 cm³/mol. The van der Waals surface area contributed by atoms with Crippen molar-refractivity contribution in [2.45, 2.75) is 11.8 Å². The minimum absolute atomic E-state index is 0.0748. The fourth-order valence-electron chi connectivity index (χ4n) is 2.53. The number of anilines is 1. The van der Waals surface area contributed by atoms with E-state index in [1.807, 2.05) is 0 Å². The summed E-state index contributed by atoms with van der Waals surface area (Å²) in [5, 5.41) is 12.3. The van der Waals surface area contributed by atoms with Gasteiger partial charge in [0.15, 0.2) is 11.0 Å². The normalized spacial score (nSPS) is 10.6. The highest BCUT2D eigenvalue weighted by Gasteiger charge is 2.16. The topological polar surface area (TPSA) is 95.3 Å². The van der Waals surface area contributed by atoms with Crippen LogP contribution in [0.2, 0.25) is 10.0 Å². The zero-order valence-corrected chi connectivity index (χ0v) is 18.9. The van der Waals surface area contributed by atoms with Crippen molar-refractivity contribution in [1.82, 2.24) is 14.8 Å². The summed E-state index contributed by atoms with van der Waals surface area (Å²) in [7, 11) is 3.06. The number of nitrogens with zero attached hydrogens (tertiary/aromatic N) is 3. The van der Waals surface area contributed by atoms with Crippen molar-refractivity contribution in [3.63, 3.8) is 0 Å². The lowest BCUT2D eigenvalue weighted by Gasteiger charge is -2.10. The van der Waals surface area contributed by atoms with Crippen molar-refractivity contribution in [2.75, 3.05) is 18.2 Å². The molecule has 0 aliphatic rings. The molecule has 0 fully saturated rings. The number of methoxy groups -OCH3 is 1. The van der Waals surface area contributed by atoms with E-state index in [-0.39, 0.29) is 23.8 Å². The number of carbonyl (C=O) groups is 2. The first-order chi connectivity index (χ1) is 14.9. The molecule has 0 atom stereocenters. The molecular weight excluding hydrogens is 463 g/mol. The zero-order chi connectivity index (χ0) is 22.4. The summed E-state index contributed by atoms with van der Waals surface area (Å²) in [4.78, 5) is 24.2. The summed E-state index contributed by atoms with van der Waals surface area (Å²) >= 11 is 13.2. The predicted octanol–water partition coefficient (Wildman–Crippen LogP) is 4.22. The Labute approximate surface area is 192 Å². The van der Waals surface area contributed by atoms with Gasteiger partial charge in [-0.1, -0.05) is 47.1 Å². The summed E-state index contributed by atoms with van der Waals surface area (Å²) in [6.07, 6.45) is 0. The van der Waals surface area contributed by atoms with Gasteiger partial charge in [0.1, 0.15) is 12.4 Å². The van der Waals surface area contributed by atoms with Crippen LogP contribution in [0.3, 0.4) is 0 Å². The van der Waals surface area contributed by atoms with Crippen LogP contribution in [-0.4, -0.2) is 39.5 Å². The van der Waals surface area contributed by atoms with Crippen molar-refractivity contribution < 1.29 is 19.1 Å². The smallest absolute Gasteiger partial charge is 0.339 e. The molecule has 3 rings (SSSR count). The number of nitrogens with one attached hydrogen (secondary N) is 1. The van der Waals surface area contributed by atoms with E-state index in [4.69, 9.17) is 32.7 Å². The van der Waals surface area contributed by atoms with Gasteiger partial charge in [0.25, 0.3) is 0 Å². The fraction of sp³-hybridized carbons (Fsp3) is 0.200. The van der Waals surface area contributed by atoms with Gasteiger partial charge in [-0.05, 0) is 30.3 Å². The number of hydrogen-bond donors (Lipinski definition) is 1. The minimum atomic E-state index is -0.526. The summed E-state index contributed by atoms with van der Waals surface area (Å²) in [6, 6.07) is 11.6. The van der Waals surface area contributed by atoms with Crippen LogP contribution in [0.4, 0.5) is 5.69 Å². The molecular formula is C20H18Cl2N4O4S. The molecule has 162 valence electrons. The first-order valence-electron chi connectivity index (χ1n) is 8.95. The van der Waals surface area contributed by atoms with Crippen molar-refractivity contribution in [3.8, 4) is 5.75 Å². The molecule has 0 saturated heterocycles. The fourth-order valence-corrected chi connectivity index (χ4v) is 3.72. The van der Waals surface area contributed by atoms with E-state index in [1.165, 1.54) is 18.9 Å². The average molecular weight is 481 g/mol. The van der Waals surface area contributed by atoms with Crippen molar-refractivity contribution >= 4 is 52.5 Å². The van der Waals surface area contributed by atoms with Gasteiger partial charge in [0.05, 0.1) is 29.1 Å². The molecule has 1 N–H and O–H groups in total. The van der Waals surface area contributed by atoms with Gasteiger partial charge >= 0.3 is 5.97 Å². The molecule has 1 aromatic heterocycles. The summed E-state index contributed by atoms with van der Waals surface area (Å²) in [5.74, 6) is 0.292. The van der Waals surface area contributed by atoms with Crippen LogP contribution >= 0.6 is 35.0 Å². The van der Waals surface area contributed by atoms with Crippen LogP contribution in [0.1, 0.15) is 16.2 Å². The Hall–Kier alpha value is -2.75. The number of carbonyl (C=O) groups excluding carboxylic acids is 2. The number of halogens is 2. The molecule has 1 amide bonds. The number of hydrogen-bond acceptors (Lipinski definition) is 7. The maximum Gasteiger partial charge on any atom is 0.339 e. The number of benzene rings is 2. The lowest BCUT2D eigenvalue weighted by Crippen LogP contribution is -2.17. The second-order valence-corrected chi connectivity index (χ2v) is 7.98. The summed E-state index contributed by atoms with van der Waals surface area (Å²) in [6.45, 7) is 0.143. The number of aromatic nitrogens is 3. The van der Waals surface area contributed by atoms with Crippen LogP contribution in [0.25, 0.3) is 0 Å². The van der Waals surface area contributed by atoms with Crippen LogP contribution in [0.15, 0.2) is 47.6 Å². The van der Waals surface area contributed by atoms with E-state index < -0.39 is 5.97 Å². The maximum absolute atomic E-state index is 12.4. The second kappa shape index (κ2) is 10.5. The molecule has 0 bridgehead atoms. The van der Waals surface area contributed by atoms with E-state index in [0.29, 0.717) is 32.5 Å². The van der Waals surface area contributed by atoms with Crippen LogP contribution in [0.5, 0.6) is 5.75 Å². The minimum Gasteiger partial charge on any atom is -0.484 e. The van der Waals surface area contributed by atoms with Crippen LogP contribution in [0, 0.1) is 0 Å². The summed E-state index contributed by atoms with van der Waals surface area (Å²) < 4.78 is 12.1. The maximum atomic E-state index is 12.4. The lowest BCUT2D eigenvalue weighted by atomic mass is 10.2. The monoisotopic (exact) mass is 480 g/mol. The van der Waals surface area contributed by atoms with E-state index in [0.717, 1.165) is 0 Å². The standard InChI is InChI=1S/C20H18Cl2N4O4S/c1-26-17(10-30-16-8-7-12(21)9-14(16)22)24-25-20(26)31-11-18(27)23-15-6-4-3-5-13(15)19(28)29-2/h3-9H,10-11H2,1-2H3,(H,23,27). The van der Waals surface area contributed by atoms with Gasteiger partial charge < -0.3 is 19.4 Å². The van der Waals surface area contributed by atoms with Crippen molar-refractivity contribution in [2.24, 2.45) is 7.05 Å². The molecule has 11 heteroatoms. The number of amides is 1. The average Bonchev–Trinajstić information content (AvgIpc) is 3.11. The van der Waals surface area contributed by atoms with Crippen LogP contribution < -0.4 is 10.1 Å². The van der Waals surface area contributed by atoms with E-state index >= 15 is 0 Å². The molecule has 8 nitrogen and oxygen atoms in total. The third-order valence-corrected chi connectivity index (χ3v) is 5.67. The van der Waals surface area contributed by atoms with Crippen molar-refractivity contribution in [1.29, 1.82) is 0 Å².